The highest BCUT2D eigenvalue weighted by atomic mass is 16.4. The summed E-state index contributed by atoms with van der Waals surface area (Å²) >= 11 is 0. The van der Waals surface area contributed by atoms with E-state index in [9.17, 15) is 14.7 Å². The van der Waals surface area contributed by atoms with Crippen molar-refractivity contribution < 1.29 is 14.7 Å². The Labute approximate surface area is 146 Å². The van der Waals surface area contributed by atoms with Gasteiger partial charge in [-0.05, 0) is 32.3 Å². The molecule has 0 unspecified atom stereocenters. The van der Waals surface area contributed by atoms with E-state index >= 15 is 0 Å². The van der Waals surface area contributed by atoms with E-state index in [-0.39, 0.29) is 5.91 Å². The number of carboxylic acid groups (broad SMARTS) is 1. The van der Waals surface area contributed by atoms with E-state index in [0.29, 0.717) is 5.69 Å². The second-order valence-corrected chi connectivity index (χ2v) is 7.15. The maximum Gasteiger partial charge on any atom is 0.331 e. The van der Waals surface area contributed by atoms with Gasteiger partial charge in [0.1, 0.15) is 0 Å². The lowest BCUT2D eigenvalue weighted by Gasteiger charge is -2.28. The minimum atomic E-state index is -1.17. The Morgan fingerprint density at radius 3 is 2.44 bits per heavy atom. The molecule has 2 N–H and O–H groups in total. The number of hydrogen-bond donors (Lipinski definition) is 2. The quantitative estimate of drug-likeness (QED) is 0.875. The van der Waals surface area contributed by atoms with E-state index in [1.807, 2.05) is 30.3 Å². The zero-order valence-corrected chi connectivity index (χ0v) is 14.5. The van der Waals surface area contributed by atoms with Gasteiger partial charge in [-0.15, -0.1) is 0 Å². The van der Waals surface area contributed by atoms with Crippen molar-refractivity contribution in [2.45, 2.75) is 50.5 Å². The molecule has 0 atom stereocenters. The van der Waals surface area contributed by atoms with Gasteiger partial charge < -0.3 is 10.4 Å². The first-order chi connectivity index (χ1) is 11.9. The van der Waals surface area contributed by atoms with E-state index in [0.717, 1.165) is 31.2 Å². The average Bonchev–Trinajstić information content (AvgIpc) is 3.26. The van der Waals surface area contributed by atoms with Crippen LogP contribution in [0.15, 0.2) is 42.7 Å². The molecule has 1 aromatic carbocycles. The summed E-state index contributed by atoms with van der Waals surface area (Å²) < 4.78 is 1.36. The molecule has 0 saturated heterocycles. The second-order valence-electron chi connectivity index (χ2n) is 7.15. The highest BCUT2D eigenvalue weighted by Gasteiger charge is 2.42. The summed E-state index contributed by atoms with van der Waals surface area (Å²) in [6.45, 7) is 3.13. The van der Waals surface area contributed by atoms with Crippen LogP contribution in [0.5, 0.6) is 0 Å². The van der Waals surface area contributed by atoms with E-state index in [1.165, 1.54) is 10.9 Å². The Balaban J connectivity index is 1.84. The molecule has 1 aliphatic rings. The van der Waals surface area contributed by atoms with Crippen LogP contribution in [0.1, 0.15) is 45.1 Å². The number of benzene rings is 1. The van der Waals surface area contributed by atoms with Crippen LogP contribution in [0.4, 0.5) is 5.69 Å². The minimum absolute atomic E-state index is 0.0520. The maximum absolute atomic E-state index is 13.1. The van der Waals surface area contributed by atoms with Gasteiger partial charge in [0.05, 0.1) is 17.3 Å². The molecule has 2 aromatic rings. The molecule has 1 aromatic heterocycles. The molecule has 1 heterocycles. The third-order valence-corrected chi connectivity index (χ3v) is 5.15. The third kappa shape index (κ3) is 3.04. The lowest BCUT2D eigenvalue weighted by atomic mass is 9.78. The number of amides is 1. The summed E-state index contributed by atoms with van der Waals surface area (Å²) in [5.74, 6) is -1.03. The number of nitrogens with zero attached hydrogens (tertiary/aromatic N) is 2. The fourth-order valence-electron chi connectivity index (χ4n) is 3.42. The average molecular weight is 341 g/mol. The van der Waals surface area contributed by atoms with Crippen molar-refractivity contribution in [2.24, 2.45) is 0 Å². The molecular weight excluding hydrogens is 318 g/mol. The lowest BCUT2D eigenvalue weighted by Crippen LogP contribution is -2.38. The first-order valence-electron chi connectivity index (χ1n) is 8.52. The number of nitrogens with one attached hydrogen (secondary N) is 1. The number of carbonyl (C=O) groups excluding carboxylic acids is 1. The summed E-state index contributed by atoms with van der Waals surface area (Å²) in [5.41, 5.74) is -0.149. The van der Waals surface area contributed by atoms with Gasteiger partial charge in [0, 0.05) is 6.20 Å². The highest BCUT2D eigenvalue weighted by Crippen LogP contribution is 2.42. The summed E-state index contributed by atoms with van der Waals surface area (Å²) in [6.07, 6.45) is 6.74. The second kappa shape index (κ2) is 6.35. The van der Waals surface area contributed by atoms with Gasteiger partial charge >= 0.3 is 5.97 Å². The molecule has 1 amide bonds. The predicted molar refractivity (Wildman–Crippen MR) is 94.4 cm³/mol. The van der Waals surface area contributed by atoms with Crippen molar-refractivity contribution >= 4 is 17.6 Å². The van der Waals surface area contributed by atoms with Crippen molar-refractivity contribution in [1.82, 2.24) is 9.78 Å². The van der Waals surface area contributed by atoms with Crippen molar-refractivity contribution in [2.75, 3.05) is 5.32 Å². The molecule has 0 spiro atoms. The molecule has 3 rings (SSSR count). The van der Waals surface area contributed by atoms with Crippen LogP contribution >= 0.6 is 0 Å². The fraction of sp³-hybridized carbons (Fsp3) is 0.421. The van der Waals surface area contributed by atoms with Crippen LogP contribution < -0.4 is 5.32 Å². The summed E-state index contributed by atoms with van der Waals surface area (Å²) in [6, 6.07) is 9.86. The zero-order chi connectivity index (χ0) is 18.1. The Morgan fingerprint density at radius 2 is 1.84 bits per heavy atom. The first kappa shape index (κ1) is 17.2. The fourth-order valence-corrected chi connectivity index (χ4v) is 3.42. The topological polar surface area (TPSA) is 84.2 Å². The molecule has 0 radical (unpaired) electrons. The van der Waals surface area contributed by atoms with Crippen LogP contribution in [-0.4, -0.2) is 26.8 Å². The van der Waals surface area contributed by atoms with Crippen molar-refractivity contribution in [3.63, 3.8) is 0 Å². The number of aliphatic carboxylic acids is 1. The standard InChI is InChI=1S/C19H23N3O3/c1-18(2,17(24)25)22-13-15(12-20-22)21-16(23)19(10-6-7-11-19)14-8-4-3-5-9-14/h3-5,8-9,12-13H,6-7,10-11H2,1-2H3,(H,21,23)(H,24,25). The number of hydrogen-bond acceptors (Lipinski definition) is 3. The SMILES string of the molecule is CC(C)(C(=O)O)n1cc(NC(=O)C2(c3ccccc3)CCCC2)cn1. The van der Waals surface area contributed by atoms with Crippen LogP contribution in [-0.2, 0) is 20.5 Å². The lowest BCUT2D eigenvalue weighted by molar-refractivity contribution is -0.146. The van der Waals surface area contributed by atoms with Crippen LogP contribution in [0.2, 0.25) is 0 Å². The molecule has 1 fully saturated rings. The van der Waals surface area contributed by atoms with Gasteiger partial charge in [0.25, 0.3) is 0 Å². The van der Waals surface area contributed by atoms with E-state index in [4.69, 9.17) is 0 Å². The molecule has 1 saturated carbocycles. The third-order valence-electron chi connectivity index (χ3n) is 5.15. The zero-order valence-electron chi connectivity index (χ0n) is 14.5. The summed E-state index contributed by atoms with van der Waals surface area (Å²) in [7, 11) is 0. The summed E-state index contributed by atoms with van der Waals surface area (Å²) in [5, 5.41) is 16.3. The molecule has 132 valence electrons. The molecule has 25 heavy (non-hydrogen) atoms. The number of carbonyl (C=O) groups is 2. The highest BCUT2D eigenvalue weighted by molar-refractivity contribution is 5.99. The van der Waals surface area contributed by atoms with E-state index in [2.05, 4.69) is 10.4 Å². The molecular formula is C19H23N3O3. The number of anilines is 1. The molecule has 1 aliphatic carbocycles. The largest absolute Gasteiger partial charge is 0.479 e. The number of aromatic nitrogens is 2. The van der Waals surface area contributed by atoms with E-state index < -0.39 is 16.9 Å². The summed E-state index contributed by atoms with van der Waals surface area (Å²) in [4.78, 5) is 24.4. The molecule has 0 bridgehead atoms. The Kier molecular flexibility index (Phi) is 4.37. The first-order valence-corrected chi connectivity index (χ1v) is 8.52. The number of rotatable bonds is 5. The van der Waals surface area contributed by atoms with Crippen molar-refractivity contribution in [3.8, 4) is 0 Å². The van der Waals surface area contributed by atoms with Gasteiger partial charge in [-0.2, -0.15) is 5.10 Å². The molecule has 6 heteroatoms. The molecule has 6 nitrogen and oxygen atoms in total. The van der Waals surface area contributed by atoms with Gasteiger partial charge in [-0.25, -0.2) is 4.79 Å². The van der Waals surface area contributed by atoms with Crippen molar-refractivity contribution in [1.29, 1.82) is 0 Å². The van der Waals surface area contributed by atoms with Crippen LogP contribution in [0.25, 0.3) is 0 Å². The van der Waals surface area contributed by atoms with Crippen LogP contribution in [0, 0.1) is 0 Å². The van der Waals surface area contributed by atoms with Gasteiger partial charge in [-0.3, -0.25) is 9.48 Å². The number of carboxylic acids is 1. The maximum atomic E-state index is 13.1. The normalized spacial score (nSPS) is 16.6. The van der Waals surface area contributed by atoms with Crippen LogP contribution in [0.3, 0.4) is 0 Å². The predicted octanol–water partition coefficient (Wildman–Crippen LogP) is 3.15. The van der Waals surface area contributed by atoms with Gasteiger partial charge in [0.15, 0.2) is 5.54 Å². The Bertz CT molecular complexity index is 774. The van der Waals surface area contributed by atoms with Gasteiger partial charge in [-0.1, -0.05) is 43.2 Å². The molecule has 0 aliphatic heterocycles. The monoisotopic (exact) mass is 341 g/mol. The Morgan fingerprint density at radius 1 is 1.20 bits per heavy atom. The van der Waals surface area contributed by atoms with Crippen molar-refractivity contribution in [3.05, 3.63) is 48.3 Å². The smallest absolute Gasteiger partial charge is 0.331 e. The Hall–Kier alpha value is -2.63. The van der Waals surface area contributed by atoms with Gasteiger partial charge in [0.2, 0.25) is 5.91 Å². The minimum Gasteiger partial charge on any atom is -0.479 e. The van der Waals surface area contributed by atoms with E-state index in [1.54, 1.807) is 20.0 Å².